The van der Waals surface area contributed by atoms with Gasteiger partial charge in [-0.25, -0.2) is 4.99 Å². The summed E-state index contributed by atoms with van der Waals surface area (Å²) in [4.78, 5) is 14.1. The Labute approximate surface area is 103 Å². The van der Waals surface area contributed by atoms with Crippen molar-refractivity contribution >= 4 is 18.1 Å². The molecule has 1 amide bonds. The van der Waals surface area contributed by atoms with Crippen LogP contribution < -0.4 is 16.5 Å². The zero-order valence-corrected chi connectivity index (χ0v) is 10.9. The van der Waals surface area contributed by atoms with Gasteiger partial charge in [0.25, 0.3) is 0 Å². The maximum Gasteiger partial charge on any atom is 0.236 e. The molecule has 0 aromatic rings. The zero-order valence-electron chi connectivity index (χ0n) is 10.9. The number of nitrogens with two attached hydrogens (primary N) is 1. The second-order valence-electron chi connectivity index (χ2n) is 3.47. The van der Waals surface area contributed by atoms with E-state index in [9.17, 15) is 4.79 Å². The number of hydrogen-bond acceptors (Lipinski definition) is 5. The third kappa shape index (κ3) is 8.24. The van der Waals surface area contributed by atoms with Crippen molar-refractivity contribution < 1.29 is 4.79 Å². The van der Waals surface area contributed by atoms with Crippen LogP contribution in [0.25, 0.3) is 0 Å². The van der Waals surface area contributed by atoms with Crippen molar-refractivity contribution in [1.82, 2.24) is 10.7 Å². The Morgan fingerprint density at radius 2 is 2.12 bits per heavy atom. The highest BCUT2D eigenvalue weighted by Crippen LogP contribution is 1.98. The molecule has 1 unspecified atom stereocenters. The molecule has 0 saturated carbocycles. The van der Waals surface area contributed by atoms with Gasteiger partial charge in [-0.3, -0.25) is 10.2 Å². The van der Waals surface area contributed by atoms with Crippen LogP contribution in [-0.2, 0) is 4.79 Å². The van der Waals surface area contributed by atoms with Gasteiger partial charge in [-0.05, 0) is 19.8 Å². The van der Waals surface area contributed by atoms with Crippen LogP contribution in [0.15, 0.2) is 10.1 Å². The number of carbonyl (C=O) groups excluding carboxylic acids is 1. The summed E-state index contributed by atoms with van der Waals surface area (Å²) in [6.07, 6.45) is 4.68. The lowest BCUT2D eigenvalue weighted by Crippen LogP contribution is -2.30. The van der Waals surface area contributed by atoms with Crippen LogP contribution in [-0.4, -0.2) is 30.7 Å². The molecule has 1 atom stereocenters. The van der Waals surface area contributed by atoms with E-state index in [-0.39, 0.29) is 11.9 Å². The van der Waals surface area contributed by atoms with E-state index in [0.29, 0.717) is 5.96 Å². The minimum Gasteiger partial charge on any atom is -0.367 e. The summed E-state index contributed by atoms with van der Waals surface area (Å²) in [7, 11) is 0. The predicted molar refractivity (Wildman–Crippen MR) is 70.9 cm³/mol. The van der Waals surface area contributed by atoms with E-state index >= 15 is 0 Å². The topological polar surface area (TPSA) is 91.9 Å². The Morgan fingerprint density at radius 1 is 1.41 bits per heavy atom. The molecule has 2 heterocycles. The Hall–Kier alpha value is -1.59. The Balaban J connectivity index is 0.000000265. The number of hydrogen-bond donors (Lipinski definition) is 3. The van der Waals surface area contributed by atoms with E-state index in [1.165, 1.54) is 0 Å². The summed E-state index contributed by atoms with van der Waals surface area (Å²) in [6, 6.07) is 0.210. The molecule has 0 aromatic heterocycles. The van der Waals surface area contributed by atoms with Crippen LogP contribution in [0, 0.1) is 0 Å². The Kier molecular flexibility index (Phi) is 8.72. The number of nitrogens with zero attached hydrogens (tertiary/aromatic N) is 2. The lowest BCUT2D eigenvalue weighted by molar-refractivity contribution is -0.122. The molecule has 17 heavy (non-hydrogen) atoms. The smallest absolute Gasteiger partial charge is 0.236 e. The fourth-order valence-electron chi connectivity index (χ4n) is 1.15. The summed E-state index contributed by atoms with van der Waals surface area (Å²) < 4.78 is 0. The molecule has 6 heteroatoms. The molecule has 98 valence electrons. The van der Waals surface area contributed by atoms with Crippen LogP contribution in [0.2, 0.25) is 0 Å². The zero-order chi connectivity index (χ0) is 13.1. The van der Waals surface area contributed by atoms with Crippen LogP contribution in [0.5, 0.6) is 0 Å². The van der Waals surface area contributed by atoms with Gasteiger partial charge in [-0.2, -0.15) is 0 Å². The van der Waals surface area contributed by atoms with E-state index < -0.39 is 0 Å². The molecule has 6 nitrogen and oxygen atoms in total. The second kappa shape index (κ2) is 9.62. The Morgan fingerprint density at radius 3 is 2.41 bits per heavy atom. The van der Waals surface area contributed by atoms with Crippen LogP contribution in [0.4, 0.5) is 0 Å². The molecule has 0 bridgehead atoms. The predicted octanol–water partition coefficient (Wildman–Crippen LogP) is 0.591. The molecule has 2 rings (SSSR count). The number of carbonyl (C=O) groups is 1. The standard InChI is InChI=1S/C5H9NO.C4H8N4.C2H6/c7-5-3-1-2-4-6-5;1-3-2-6-4(5)8-7-3;1-2/h1-4H2,(H,6,7);2-3,7H,1H3,(H2,5,8);1-2H3. The van der Waals surface area contributed by atoms with Gasteiger partial charge in [0.1, 0.15) is 0 Å². The Bertz CT molecular complexity index is 267. The summed E-state index contributed by atoms with van der Waals surface area (Å²) in [6.45, 7) is 6.83. The highest BCUT2D eigenvalue weighted by molar-refractivity contribution is 5.89. The van der Waals surface area contributed by atoms with Gasteiger partial charge in [0, 0.05) is 19.2 Å². The fraction of sp³-hybridized carbons (Fsp3) is 0.727. The van der Waals surface area contributed by atoms with Crippen molar-refractivity contribution in [3.8, 4) is 0 Å². The first-order valence-electron chi connectivity index (χ1n) is 6.08. The first-order valence-corrected chi connectivity index (χ1v) is 6.08. The van der Waals surface area contributed by atoms with Crippen molar-refractivity contribution in [1.29, 1.82) is 0 Å². The first-order chi connectivity index (χ1) is 8.18. The van der Waals surface area contributed by atoms with E-state index in [2.05, 4.69) is 20.8 Å². The van der Waals surface area contributed by atoms with Crippen LogP contribution in [0.3, 0.4) is 0 Å². The average molecular weight is 241 g/mol. The lowest BCUT2D eigenvalue weighted by Gasteiger charge is -2.08. The normalized spacial score (nSPS) is 21.7. The van der Waals surface area contributed by atoms with E-state index in [4.69, 9.17) is 5.73 Å². The average Bonchev–Trinajstić information content (AvgIpc) is 2.37. The number of guanidine groups is 1. The maximum atomic E-state index is 10.4. The van der Waals surface area contributed by atoms with Gasteiger partial charge in [-0.15, -0.1) is 5.10 Å². The van der Waals surface area contributed by atoms with Crippen molar-refractivity contribution in [2.75, 3.05) is 6.54 Å². The molecule has 1 saturated heterocycles. The molecule has 2 aliphatic heterocycles. The third-order valence-corrected chi connectivity index (χ3v) is 1.97. The van der Waals surface area contributed by atoms with Crippen molar-refractivity contribution in [2.45, 2.75) is 46.1 Å². The first kappa shape index (κ1) is 15.4. The van der Waals surface area contributed by atoms with Gasteiger partial charge in [0.05, 0.1) is 6.04 Å². The molecular formula is C11H23N5O. The summed E-state index contributed by atoms with van der Waals surface area (Å²) in [5.74, 6) is 0.509. The number of amides is 1. The minimum atomic E-state index is 0.210. The molecule has 0 spiro atoms. The molecule has 1 fully saturated rings. The summed E-state index contributed by atoms with van der Waals surface area (Å²) in [5, 5.41) is 6.40. The summed E-state index contributed by atoms with van der Waals surface area (Å²) >= 11 is 0. The third-order valence-electron chi connectivity index (χ3n) is 1.97. The highest BCUT2D eigenvalue weighted by Gasteiger charge is 2.04. The van der Waals surface area contributed by atoms with Gasteiger partial charge >= 0.3 is 0 Å². The largest absolute Gasteiger partial charge is 0.367 e. The maximum absolute atomic E-state index is 10.4. The van der Waals surface area contributed by atoms with Gasteiger partial charge in [0.15, 0.2) is 0 Å². The summed E-state index contributed by atoms with van der Waals surface area (Å²) in [5.41, 5.74) is 7.93. The van der Waals surface area contributed by atoms with Crippen molar-refractivity contribution in [3.05, 3.63) is 0 Å². The molecule has 0 radical (unpaired) electrons. The van der Waals surface area contributed by atoms with Gasteiger partial charge in [-0.1, -0.05) is 13.8 Å². The van der Waals surface area contributed by atoms with Gasteiger partial charge < -0.3 is 11.1 Å². The van der Waals surface area contributed by atoms with Crippen molar-refractivity contribution in [2.24, 2.45) is 15.8 Å². The van der Waals surface area contributed by atoms with Gasteiger partial charge in [0.2, 0.25) is 11.9 Å². The van der Waals surface area contributed by atoms with Crippen LogP contribution in [0.1, 0.15) is 40.0 Å². The number of piperidine rings is 1. The minimum absolute atomic E-state index is 0.210. The van der Waals surface area contributed by atoms with E-state index in [0.717, 1.165) is 25.8 Å². The second-order valence-corrected chi connectivity index (χ2v) is 3.47. The number of hydrazone groups is 1. The number of nitrogens with one attached hydrogen (secondary N) is 2. The highest BCUT2D eigenvalue weighted by atomic mass is 16.1. The van der Waals surface area contributed by atoms with E-state index in [1.54, 1.807) is 6.21 Å². The van der Waals surface area contributed by atoms with E-state index in [1.807, 2.05) is 20.8 Å². The van der Waals surface area contributed by atoms with Crippen LogP contribution >= 0.6 is 0 Å². The van der Waals surface area contributed by atoms with Crippen molar-refractivity contribution in [3.63, 3.8) is 0 Å². The monoisotopic (exact) mass is 241 g/mol. The SMILES string of the molecule is CC.CC1C=NC(N)=NN1.O=C1CCCCN1. The number of aliphatic imine (C=N–C) groups is 1. The number of rotatable bonds is 0. The fourth-order valence-corrected chi connectivity index (χ4v) is 1.15. The lowest BCUT2D eigenvalue weighted by atomic mass is 10.2. The molecule has 4 N–H and O–H groups in total. The molecule has 0 aliphatic carbocycles. The molecular weight excluding hydrogens is 218 g/mol. The molecule has 2 aliphatic rings. The molecule has 0 aromatic carbocycles. The quantitative estimate of drug-likeness (QED) is 0.579.